The molecule has 0 saturated heterocycles. The molecule has 0 aliphatic carbocycles. The second kappa shape index (κ2) is 8.14. The van der Waals surface area contributed by atoms with Gasteiger partial charge in [0, 0.05) is 5.92 Å². The second-order valence-corrected chi connectivity index (χ2v) is 5.76. The van der Waals surface area contributed by atoms with Gasteiger partial charge in [0.05, 0.1) is 7.11 Å². The summed E-state index contributed by atoms with van der Waals surface area (Å²) in [5.41, 5.74) is 3.39. The summed E-state index contributed by atoms with van der Waals surface area (Å²) in [6, 6.07) is 16.4. The predicted octanol–water partition coefficient (Wildman–Crippen LogP) is 4.18. The van der Waals surface area contributed by atoms with Crippen molar-refractivity contribution in [2.24, 2.45) is 0 Å². The highest BCUT2D eigenvalue weighted by atomic mass is 16.5. The fourth-order valence-electron chi connectivity index (χ4n) is 2.84. The highest BCUT2D eigenvalue weighted by molar-refractivity contribution is 5.37. The van der Waals surface area contributed by atoms with E-state index in [1.165, 1.54) is 11.1 Å². The lowest BCUT2D eigenvalue weighted by molar-refractivity contribution is 0.00901. The summed E-state index contributed by atoms with van der Waals surface area (Å²) in [5.74, 6) is 1.16. The maximum atomic E-state index is 10.4. The van der Waals surface area contributed by atoms with Gasteiger partial charge in [0.25, 0.3) is 0 Å². The average Bonchev–Trinajstić information content (AvgIpc) is 2.62. The number of aliphatic hydroxyl groups is 1. The fraction of sp³-hybridized carbons (Fsp3) is 0.400. The molecular weight excluding hydrogens is 286 g/mol. The zero-order valence-electron chi connectivity index (χ0n) is 14.5. The van der Waals surface area contributed by atoms with Crippen molar-refractivity contribution in [3.05, 3.63) is 65.2 Å². The van der Waals surface area contributed by atoms with Gasteiger partial charge in [-0.1, -0.05) is 57.2 Å². The lowest BCUT2D eigenvalue weighted by Crippen LogP contribution is -2.28. The van der Waals surface area contributed by atoms with E-state index in [1.54, 1.807) is 7.11 Å². The van der Waals surface area contributed by atoms with Gasteiger partial charge >= 0.3 is 0 Å². The third-order valence-corrected chi connectivity index (χ3v) is 4.49. The topological polar surface area (TPSA) is 32.7 Å². The van der Waals surface area contributed by atoms with Crippen LogP contribution in [0.5, 0.6) is 5.75 Å². The van der Waals surface area contributed by atoms with Crippen molar-refractivity contribution in [3.63, 3.8) is 0 Å². The van der Waals surface area contributed by atoms with E-state index >= 15 is 0 Å². The smallest absolute Gasteiger partial charge is 0.133 e. The number of ether oxygens (including phenoxy) is 1. The molecule has 23 heavy (non-hydrogen) atoms. The quantitative estimate of drug-likeness (QED) is 0.778. The average molecular weight is 313 g/mol. The Morgan fingerprint density at radius 3 is 2.13 bits per heavy atom. The minimum atomic E-state index is -0.536. The molecule has 0 fully saturated rings. The summed E-state index contributed by atoms with van der Waals surface area (Å²) in [4.78, 5) is 2.03. The van der Waals surface area contributed by atoms with Crippen LogP contribution in [-0.4, -0.2) is 30.2 Å². The van der Waals surface area contributed by atoms with E-state index in [9.17, 15) is 5.11 Å². The molecule has 2 aromatic rings. The Hall–Kier alpha value is -1.84. The summed E-state index contributed by atoms with van der Waals surface area (Å²) < 4.78 is 5.30. The van der Waals surface area contributed by atoms with Crippen LogP contribution in [0.1, 0.15) is 49.6 Å². The molecule has 0 aliphatic rings. The molecule has 0 spiro atoms. The van der Waals surface area contributed by atoms with Crippen LogP contribution in [0.2, 0.25) is 0 Å². The van der Waals surface area contributed by atoms with Gasteiger partial charge in [0.1, 0.15) is 12.0 Å². The van der Waals surface area contributed by atoms with Crippen molar-refractivity contribution in [1.82, 2.24) is 4.90 Å². The molecule has 2 unspecified atom stereocenters. The molecule has 1 N–H and O–H groups in total. The Morgan fingerprint density at radius 2 is 1.57 bits per heavy atom. The molecule has 0 saturated carbocycles. The van der Waals surface area contributed by atoms with Crippen molar-refractivity contribution < 1.29 is 9.84 Å². The molecule has 124 valence electrons. The number of methoxy groups -OCH3 is 1. The number of hydrogen-bond donors (Lipinski definition) is 1. The Balaban J connectivity index is 2.18. The minimum absolute atomic E-state index is 0.282. The molecule has 0 heterocycles. The number of nitrogens with zero attached hydrogens (tertiary/aromatic N) is 1. The van der Waals surface area contributed by atoms with E-state index in [2.05, 4.69) is 45.0 Å². The van der Waals surface area contributed by atoms with Gasteiger partial charge in [-0.25, -0.2) is 0 Å². The molecule has 2 rings (SSSR count). The third kappa shape index (κ3) is 4.12. The van der Waals surface area contributed by atoms with Gasteiger partial charge in [-0.05, 0) is 41.9 Å². The number of hydrogen-bond acceptors (Lipinski definition) is 3. The Morgan fingerprint density at radius 1 is 0.957 bits per heavy atom. The largest absolute Gasteiger partial charge is 0.497 e. The highest BCUT2D eigenvalue weighted by Crippen LogP contribution is 2.28. The van der Waals surface area contributed by atoms with Gasteiger partial charge in [0.15, 0.2) is 0 Å². The van der Waals surface area contributed by atoms with Gasteiger partial charge in [-0.15, -0.1) is 0 Å². The summed E-state index contributed by atoms with van der Waals surface area (Å²) >= 11 is 0. The first-order valence-electron chi connectivity index (χ1n) is 8.26. The van der Waals surface area contributed by atoms with E-state index in [-0.39, 0.29) is 5.92 Å². The van der Waals surface area contributed by atoms with E-state index in [4.69, 9.17) is 4.74 Å². The monoisotopic (exact) mass is 313 g/mol. The highest BCUT2D eigenvalue weighted by Gasteiger charge is 2.15. The van der Waals surface area contributed by atoms with Gasteiger partial charge < -0.3 is 9.84 Å². The summed E-state index contributed by atoms with van der Waals surface area (Å²) in [6.07, 6.45) is -0.536. The molecule has 3 nitrogen and oxygen atoms in total. The Labute approximate surface area is 139 Å². The van der Waals surface area contributed by atoms with Gasteiger partial charge in [0.2, 0.25) is 0 Å². The maximum absolute atomic E-state index is 10.4. The van der Waals surface area contributed by atoms with Crippen molar-refractivity contribution >= 4 is 0 Å². The molecule has 0 amide bonds. The lowest BCUT2D eigenvalue weighted by atomic mass is 9.92. The maximum Gasteiger partial charge on any atom is 0.133 e. The first-order valence-corrected chi connectivity index (χ1v) is 8.26. The van der Waals surface area contributed by atoms with E-state index in [1.807, 2.05) is 29.2 Å². The van der Waals surface area contributed by atoms with Crippen molar-refractivity contribution in [1.29, 1.82) is 0 Å². The van der Waals surface area contributed by atoms with Crippen LogP contribution >= 0.6 is 0 Å². The Kier molecular flexibility index (Phi) is 6.20. The van der Waals surface area contributed by atoms with Crippen LogP contribution < -0.4 is 4.74 Å². The predicted molar refractivity (Wildman–Crippen MR) is 94.8 cm³/mol. The molecule has 0 aromatic heterocycles. The zero-order chi connectivity index (χ0) is 16.8. The normalized spacial score (nSPS) is 13.8. The summed E-state index contributed by atoms with van der Waals surface area (Å²) in [5, 5.41) is 10.4. The van der Waals surface area contributed by atoms with Gasteiger partial charge in [-0.2, -0.15) is 0 Å². The minimum Gasteiger partial charge on any atom is -0.497 e. The molecule has 0 bridgehead atoms. The molecule has 3 heteroatoms. The molecule has 2 aromatic carbocycles. The van der Waals surface area contributed by atoms with Crippen LogP contribution in [0.15, 0.2) is 48.5 Å². The van der Waals surface area contributed by atoms with E-state index in [0.29, 0.717) is 0 Å². The molecule has 0 radical (unpaired) electrons. The van der Waals surface area contributed by atoms with Crippen molar-refractivity contribution in [2.75, 3.05) is 20.2 Å². The van der Waals surface area contributed by atoms with Gasteiger partial charge in [-0.3, -0.25) is 4.90 Å². The van der Waals surface area contributed by atoms with E-state index < -0.39 is 6.23 Å². The van der Waals surface area contributed by atoms with Crippen LogP contribution in [-0.2, 0) is 0 Å². The first-order chi connectivity index (χ1) is 11.1. The van der Waals surface area contributed by atoms with E-state index in [0.717, 1.165) is 24.4 Å². The summed E-state index contributed by atoms with van der Waals surface area (Å²) in [6.45, 7) is 7.97. The van der Waals surface area contributed by atoms with Crippen LogP contribution in [0.4, 0.5) is 0 Å². The van der Waals surface area contributed by atoms with Crippen molar-refractivity contribution in [2.45, 2.75) is 32.9 Å². The standard InChI is InChI=1S/C20H27NO2/c1-5-21(6-2)20(22)17-12-10-16(11-13-17)15(3)18-8-7-9-19(14-18)23-4/h7-15,20,22H,5-6H2,1-4H3. The molecular formula is C20H27NO2. The summed E-state index contributed by atoms with van der Waals surface area (Å²) in [7, 11) is 1.69. The second-order valence-electron chi connectivity index (χ2n) is 5.76. The number of aliphatic hydroxyl groups excluding tert-OH is 1. The zero-order valence-corrected chi connectivity index (χ0v) is 14.5. The van der Waals surface area contributed by atoms with Crippen LogP contribution in [0.25, 0.3) is 0 Å². The number of rotatable bonds is 7. The van der Waals surface area contributed by atoms with Crippen molar-refractivity contribution in [3.8, 4) is 5.75 Å². The van der Waals surface area contributed by atoms with Crippen LogP contribution in [0.3, 0.4) is 0 Å². The third-order valence-electron chi connectivity index (χ3n) is 4.49. The molecule has 0 aliphatic heterocycles. The van der Waals surface area contributed by atoms with Crippen LogP contribution in [0, 0.1) is 0 Å². The number of benzene rings is 2. The SMILES string of the molecule is CCN(CC)C(O)c1ccc(C(C)c2cccc(OC)c2)cc1. The fourth-order valence-corrected chi connectivity index (χ4v) is 2.84. The lowest BCUT2D eigenvalue weighted by Gasteiger charge is -2.25. The Bertz CT molecular complexity index is 605. The first kappa shape index (κ1) is 17.5. The molecule has 2 atom stereocenters.